The molecule has 0 aromatic rings. The van der Waals surface area contributed by atoms with Crippen molar-refractivity contribution in [2.45, 2.75) is 52.9 Å². The molecule has 2 unspecified atom stereocenters. The number of rotatable bonds is 2. The van der Waals surface area contributed by atoms with Crippen molar-refractivity contribution in [1.82, 2.24) is 5.32 Å². The molecular formula is C16H25NO2. The van der Waals surface area contributed by atoms with Gasteiger partial charge in [0.2, 0.25) is 5.91 Å². The lowest BCUT2D eigenvalue weighted by molar-refractivity contribution is -0.142. The van der Waals surface area contributed by atoms with Crippen LogP contribution in [0.15, 0.2) is 12.2 Å². The molecule has 3 nitrogen and oxygen atoms in total. The zero-order chi connectivity index (χ0) is 14.2. The molecule has 0 aromatic carbocycles. The van der Waals surface area contributed by atoms with Gasteiger partial charge in [0.1, 0.15) is 0 Å². The van der Waals surface area contributed by atoms with E-state index in [0.29, 0.717) is 23.3 Å². The molecule has 2 rings (SSSR count). The van der Waals surface area contributed by atoms with Crippen molar-refractivity contribution in [3.63, 3.8) is 0 Å². The monoisotopic (exact) mass is 263 g/mol. The van der Waals surface area contributed by atoms with E-state index in [0.717, 1.165) is 19.3 Å². The minimum atomic E-state index is -0.327. The number of hydrogen-bond acceptors (Lipinski definition) is 2. The van der Waals surface area contributed by atoms with Gasteiger partial charge in [0.15, 0.2) is 0 Å². The molecule has 19 heavy (non-hydrogen) atoms. The van der Waals surface area contributed by atoms with E-state index in [-0.39, 0.29) is 17.2 Å². The van der Waals surface area contributed by atoms with Crippen LogP contribution in [0.1, 0.15) is 52.9 Å². The molecule has 0 aromatic heterocycles. The summed E-state index contributed by atoms with van der Waals surface area (Å²) in [6.45, 7) is 9.69. The molecule has 2 fully saturated rings. The topological polar surface area (TPSA) is 46.2 Å². The second kappa shape index (κ2) is 5.10. The molecule has 2 bridgehead atoms. The van der Waals surface area contributed by atoms with Crippen molar-refractivity contribution in [3.05, 3.63) is 12.2 Å². The highest BCUT2D eigenvalue weighted by atomic mass is 16.2. The van der Waals surface area contributed by atoms with Crippen LogP contribution >= 0.6 is 0 Å². The summed E-state index contributed by atoms with van der Waals surface area (Å²) in [5.41, 5.74) is 0.0829. The highest BCUT2D eigenvalue weighted by Crippen LogP contribution is 2.52. The van der Waals surface area contributed by atoms with Crippen LogP contribution < -0.4 is 5.32 Å². The van der Waals surface area contributed by atoms with Gasteiger partial charge in [-0.3, -0.25) is 14.9 Å². The number of imide groups is 1. The minimum Gasteiger partial charge on any atom is -0.292 e. The number of fused-ring (bicyclic) bond motifs is 2. The van der Waals surface area contributed by atoms with Gasteiger partial charge in [-0.1, -0.05) is 20.4 Å². The van der Waals surface area contributed by atoms with Crippen LogP contribution in [0.3, 0.4) is 0 Å². The Morgan fingerprint density at radius 2 is 1.63 bits per heavy atom. The standard InChI is InChI=1S/C16H25NO2/c1-10(2)14(18)17-15(19)16-7-11(3)5-13(9-16)6-12(4)8-16/h11-13H,1,5-9H2,2-4H3,(H,17,18,19). The molecule has 2 aliphatic carbocycles. The number of nitrogens with one attached hydrogen (secondary N) is 1. The van der Waals surface area contributed by atoms with Crippen LogP contribution in [0.25, 0.3) is 0 Å². The maximum absolute atomic E-state index is 12.6. The summed E-state index contributed by atoms with van der Waals surface area (Å²) in [5.74, 6) is 1.42. The lowest BCUT2D eigenvalue weighted by Crippen LogP contribution is -2.50. The predicted molar refractivity (Wildman–Crippen MR) is 75.3 cm³/mol. The van der Waals surface area contributed by atoms with Gasteiger partial charge in [0, 0.05) is 5.57 Å². The van der Waals surface area contributed by atoms with Crippen molar-refractivity contribution >= 4 is 11.8 Å². The van der Waals surface area contributed by atoms with E-state index >= 15 is 0 Å². The van der Waals surface area contributed by atoms with Gasteiger partial charge in [-0.15, -0.1) is 0 Å². The molecule has 1 N–H and O–H groups in total. The van der Waals surface area contributed by atoms with Gasteiger partial charge in [0.25, 0.3) is 5.91 Å². The lowest BCUT2D eigenvalue weighted by atomic mass is 9.56. The SMILES string of the molecule is C=C(C)C(=O)NC(=O)C12CC(C)CC(CC(C)C1)C2. The Hall–Kier alpha value is -1.12. The lowest BCUT2D eigenvalue weighted by Gasteiger charge is -2.48. The van der Waals surface area contributed by atoms with Gasteiger partial charge >= 0.3 is 0 Å². The van der Waals surface area contributed by atoms with Crippen LogP contribution in [0, 0.1) is 23.2 Å². The average Bonchev–Trinajstić information content (AvgIpc) is 2.26. The van der Waals surface area contributed by atoms with E-state index in [1.807, 2.05) is 0 Å². The smallest absolute Gasteiger partial charge is 0.252 e. The summed E-state index contributed by atoms with van der Waals surface area (Å²) in [7, 11) is 0. The maximum atomic E-state index is 12.6. The third kappa shape index (κ3) is 2.90. The average molecular weight is 263 g/mol. The first-order chi connectivity index (χ1) is 8.82. The number of carbonyl (C=O) groups excluding carboxylic acids is 2. The largest absolute Gasteiger partial charge is 0.292 e. The second-order valence-corrected chi connectivity index (χ2v) is 7.00. The van der Waals surface area contributed by atoms with E-state index in [1.54, 1.807) is 6.92 Å². The molecule has 2 amide bonds. The Morgan fingerprint density at radius 1 is 1.11 bits per heavy atom. The van der Waals surface area contributed by atoms with Crippen molar-refractivity contribution in [2.24, 2.45) is 23.2 Å². The number of hydrogen-bond donors (Lipinski definition) is 1. The van der Waals surface area contributed by atoms with Crippen molar-refractivity contribution in [2.75, 3.05) is 0 Å². The Kier molecular flexibility index (Phi) is 3.84. The quantitative estimate of drug-likeness (QED) is 0.778. The Morgan fingerprint density at radius 3 is 2.11 bits per heavy atom. The minimum absolute atomic E-state index is 0.0661. The van der Waals surface area contributed by atoms with Crippen molar-refractivity contribution in [3.8, 4) is 0 Å². The fourth-order valence-electron chi connectivity index (χ4n) is 4.32. The molecule has 3 heteroatoms. The van der Waals surface area contributed by atoms with Crippen LogP contribution in [0.2, 0.25) is 0 Å². The molecule has 0 radical (unpaired) electrons. The predicted octanol–water partition coefficient (Wildman–Crippen LogP) is 3.06. The second-order valence-electron chi connectivity index (χ2n) is 7.00. The Balaban J connectivity index is 2.16. The zero-order valence-electron chi connectivity index (χ0n) is 12.3. The van der Waals surface area contributed by atoms with Crippen LogP contribution in [0.5, 0.6) is 0 Å². The van der Waals surface area contributed by atoms with Gasteiger partial charge in [0.05, 0.1) is 5.41 Å². The van der Waals surface area contributed by atoms with E-state index in [1.165, 1.54) is 12.8 Å². The first-order valence-corrected chi connectivity index (χ1v) is 7.33. The molecule has 106 valence electrons. The summed E-state index contributed by atoms with van der Waals surface area (Å²) < 4.78 is 0. The van der Waals surface area contributed by atoms with E-state index in [2.05, 4.69) is 25.7 Å². The summed E-state index contributed by atoms with van der Waals surface area (Å²) in [5, 5.41) is 2.56. The van der Waals surface area contributed by atoms with Crippen molar-refractivity contribution in [1.29, 1.82) is 0 Å². The van der Waals surface area contributed by atoms with Crippen molar-refractivity contribution < 1.29 is 9.59 Å². The molecular weight excluding hydrogens is 238 g/mol. The first-order valence-electron chi connectivity index (χ1n) is 7.33. The highest BCUT2D eigenvalue weighted by molar-refractivity contribution is 6.05. The molecule has 0 heterocycles. The summed E-state index contributed by atoms with van der Waals surface area (Å²) in [4.78, 5) is 24.2. The van der Waals surface area contributed by atoms with Gasteiger partial charge in [-0.2, -0.15) is 0 Å². The third-order valence-corrected chi connectivity index (χ3v) is 4.73. The zero-order valence-corrected chi connectivity index (χ0v) is 12.3. The fraction of sp³-hybridized carbons (Fsp3) is 0.750. The molecule has 0 saturated heterocycles. The van der Waals surface area contributed by atoms with Crippen LogP contribution in [0.4, 0.5) is 0 Å². The number of amides is 2. The maximum Gasteiger partial charge on any atom is 0.252 e. The van der Waals surface area contributed by atoms with Gasteiger partial charge in [-0.25, -0.2) is 0 Å². The van der Waals surface area contributed by atoms with E-state index in [9.17, 15) is 9.59 Å². The normalized spacial score (nSPS) is 37.5. The van der Waals surface area contributed by atoms with Gasteiger partial charge < -0.3 is 0 Å². The van der Waals surface area contributed by atoms with E-state index < -0.39 is 0 Å². The fourth-order valence-corrected chi connectivity index (χ4v) is 4.32. The molecule has 0 aliphatic heterocycles. The Labute approximate surface area is 115 Å². The highest BCUT2D eigenvalue weighted by Gasteiger charge is 2.49. The molecule has 2 aliphatic rings. The molecule has 2 saturated carbocycles. The first kappa shape index (κ1) is 14.3. The molecule has 0 spiro atoms. The number of carbonyl (C=O) groups is 2. The summed E-state index contributed by atoms with van der Waals surface area (Å²) >= 11 is 0. The summed E-state index contributed by atoms with van der Waals surface area (Å²) in [6.07, 6.45) is 5.25. The third-order valence-electron chi connectivity index (χ3n) is 4.73. The Bertz CT molecular complexity index is 393. The van der Waals surface area contributed by atoms with Crippen LogP contribution in [-0.2, 0) is 9.59 Å². The molecule has 2 atom stereocenters. The van der Waals surface area contributed by atoms with Crippen LogP contribution in [-0.4, -0.2) is 11.8 Å². The van der Waals surface area contributed by atoms with Gasteiger partial charge in [-0.05, 0) is 56.8 Å². The summed E-state index contributed by atoms with van der Waals surface area (Å²) in [6, 6.07) is 0. The van der Waals surface area contributed by atoms with E-state index in [4.69, 9.17) is 0 Å².